The fourth-order valence-electron chi connectivity index (χ4n) is 5.24. The number of methoxy groups -OCH3 is 1. The van der Waals surface area contributed by atoms with Crippen molar-refractivity contribution in [3.05, 3.63) is 29.3 Å². The van der Waals surface area contributed by atoms with Crippen LogP contribution in [0.5, 0.6) is 5.75 Å². The highest BCUT2D eigenvalue weighted by molar-refractivity contribution is 5.82. The predicted molar refractivity (Wildman–Crippen MR) is 103 cm³/mol. The zero-order valence-electron chi connectivity index (χ0n) is 16.6. The summed E-state index contributed by atoms with van der Waals surface area (Å²) in [6.07, 6.45) is 4.59. The van der Waals surface area contributed by atoms with Gasteiger partial charge in [-0.1, -0.05) is 26.8 Å². The number of nitrogens with zero attached hydrogens (tertiary/aromatic N) is 2. The zero-order chi connectivity index (χ0) is 18.5. The molecule has 0 aliphatic carbocycles. The molecular formula is C22H32N2O2. The average molecular weight is 357 g/mol. The van der Waals surface area contributed by atoms with Crippen LogP contribution < -0.4 is 4.74 Å². The molecule has 26 heavy (non-hydrogen) atoms. The van der Waals surface area contributed by atoms with Crippen molar-refractivity contribution in [2.24, 2.45) is 11.3 Å². The summed E-state index contributed by atoms with van der Waals surface area (Å²) in [6, 6.07) is 7.39. The van der Waals surface area contributed by atoms with Gasteiger partial charge in [0.1, 0.15) is 5.75 Å². The van der Waals surface area contributed by atoms with Crippen molar-refractivity contribution < 1.29 is 9.53 Å². The van der Waals surface area contributed by atoms with Crippen LogP contribution in [0.1, 0.15) is 57.2 Å². The molecule has 3 unspecified atom stereocenters. The Balaban J connectivity index is 1.62. The van der Waals surface area contributed by atoms with Crippen LogP contribution in [0, 0.1) is 11.3 Å². The van der Waals surface area contributed by atoms with Crippen LogP contribution >= 0.6 is 0 Å². The lowest BCUT2D eigenvalue weighted by atomic mass is 9.76. The molecule has 3 aliphatic rings. The standard InChI is InChI=1S/C22H32N2O2/c1-22(2,3)21(25)24-10-5-6-16-14-23-11-9-15-12-17(26-4)7-8-18(15)20(23)13-19(16)24/h7-8,12,16,19-20H,5-6,9-11,13-14H2,1-4H3. The number of carbonyl (C=O) groups is 1. The molecule has 1 aromatic carbocycles. The van der Waals surface area contributed by atoms with Crippen LogP contribution in [0.4, 0.5) is 0 Å². The van der Waals surface area contributed by atoms with Gasteiger partial charge in [0.15, 0.2) is 0 Å². The Kier molecular flexibility index (Phi) is 4.50. The molecular weight excluding hydrogens is 324 g/mol. The fraction of sp³-hybridized carbons (Fsp3) is 0.682. The first-order chi connectivity index (χ1) is 12.4. The number of hydrogen-bond donors (Lipinski definition) is 0. The summed E-state index contributed by atoms with van der Waals surface area (Å²) in [4.78, 5) is 18.0. The number of ether oxygens (including phenoxy) is 1. The maximum absolute atomic E-state index is 13.1. The van der Waals surface area contributed by atoms with Crippen LogP contribution in [0.3, 0.4) is 0 Å². The third-order valence-electron chi connectivity index (χ3n) is 6.57. The lowest BCUT2D eigenvalue weighted by Crippen LogP contribution is -2.59. The number of fused-ring (bicyclic) bond motifs is 4. The summed E-state index contributed by atoms with van der Waals surface area (Å²) in [5, 5.41) is 0. The van der Waals surface area contributed by atoms with E-state index in [9.17, 15) is 4.79 Å². The number of amides is 1. The van der Waals surface area contributed by atoms with Crippen LogP contribution in [-0.4, -0.2) is 48.5 Å². The second-order valence-corrected chi connectivity index (χ2v) is 9.28. The average Bonchev–Trinajstić information content (AvgIpc) is 2.64. The van der Waals surface area contributed by atoms with E-state index in [0.29, 0.717) is 23.9 Å². The van der Waals surface area contributed by atoms with Gasteiger partial charge in [-0.25, -0.2) is 0 Å². The quantitative estimate of drug-likeness (QED) is 0.770. The van der Waals surface area contributed by atoms with Crippen LogP contribution in [-0.2, 0) is 11.2 Å². The first kappa shape index (κ1) is 17.8. The van der Waals surface area contributed by atoms with Gasteiger partial charge in [0.25, 0.3) is 0 Å². The molecule has 3 heterocycles. The lowest BCUT2D eigenvalue weighted by Gasteiger charge is -2.53. The molecule has 2 saturated heterocycles. The normalized spacial score (nSPS) is 28.8. The predicted octanol–water partition coefficient (Wildman–Crippen LogP) is 3.65. The summed E-state index contributed by atoms with van der Waals surface area (Å²) in [5.74, 6) is 1.91. The first-order valence-corrected chi connectivity index (χ1v) is 10.1. The van der Waals surface area contributed by atoms with Gasteiger partial charge in [0.2, 0.25) is 5.91 Å². The number of rotatable bonds is 1. The van der Waals surface area contributed by atoms with Gasteiger partial charge in [0.05, 0.1) is 7.11 Å². The van der Waals surface area contributed by atoms with Crippen molar-refractivity contribution >= 4 is 5.91 Å². The highest BCUT2D eigenvalue weighted by Gasteiger charge is 2.45. The Labute approximate surface area is 157 Å². The molecule has 142 valence electrons. The van der Waals surface area contributed by atoms with E-state index in [1.165, 1.54) is 17.5 Å². The second-order valence-electron chi connectivity index (χ2n) is 9.28. The number of likely N-dealkylation sites (tertiary alicyclic amines) is 1. The van der Waals surface area contributed by atoms with Crippen molar-refractivity contribution in [2.45, 2.75) is 58.5 Å². The fourth-order valence-corrected chi connectivity index (χ4v) is 5.24. The van der Waals surface area contributed by atoms with Gasteiger partial charge in [0, 0.05) is 37.1 Å². The molecule has 0 N–H and O–H groups in total. The topological polar surface area (TPSA) is 32.8 Å². The van der Waals surface area contributed by atoms with E-state index in [2.05, 4.69) is 48.8 Å². The Morgan fingerprint density at radius 2 is 2.04 bits per heavy atom. The number of carbonyl (C=O) groups excluding carboxylic acids is 1. The third-order valence-corrected chi connectivity index (χ3v) is 6.57. The van der Waals surface area contributed by atoms with Gasteiger partial charge >= 0.3 is 0 Å². The molecule has 3 aliphatic heterocycles. The van der Waals surface area contributed by atoms with Crippen molar-refractivity contribution in [3.63, 3.8) is 0 Å². The molecule has 0 radical (unpaired) electrons. The molecule has 3 atom stereocenters. The number of piperidine rings is 2. The SMILES string of the molecule is COc1ccc2c(c1)CCN1CC3CCCN(C(=O)C(C)(C)C)C3CC21. The van der Waals surface area contributed by atoms with E-state index in [-0.39, 0.29) is 5.41 Å². The van der Waals surface area contributed by atoms with Gasteiger partial charge in [-0.2, -0.15) is 0 Å². The van der Waals surface area contributed by atoms with Crippen molar-refractivity contribution in [2.75, 3.05) is 26.7 Å². The van der Waals surface area contributed by atoms with Gasteiger partial charge < -0.3 is 9.64 Å². The highest BCUT2D eigenvalue weighted by Crippen LogP contribution is 2.44. The molecule has 0 bridgehead atoms. The molecule has 4 heteroatoms. The van der Waals surface area contributed by atoms with Crippen molar-refractivity contribution in [1.29, 1.82) is 0 Å². The van der Waals surface area contributed by atoms with Crippen LogP contribution in [0.2, 0.25) is 0 Å². The molecule has 4 rings (SSSR count). The van der Waals surface area contributed by atoms with E-state index in [0.717, 1.165) is 44.6 Å². The van der Waals surface area contributed by atoms with Gasteiger partial charge in [-0.15, -0.1) is 0 Å². The maximum atomic E-state index is 13.1. The Morgan fingerprint density at radius 1 is 1.23 bits per heavy atom. The number of benzene rings is 1. The van der Waals surface area contributed by atoms with E-state index in [4.69, 9.17) is 4.74 Å². The Bertz CT molecular complexity index is 694. The second kappa shape index (κ2) is 6.56. The molecule has 1 aromatic rings. The summed E-state index contributed by atoms with van der Waals surface area (Å²) in [5.41, 5.74) is 2.58. The van der Waals surface area contributed by atoms with Gasteiger partial charge in [-0.3, -0.25) is 9.69 Å². The monoisotopic (exact) mass is 356 g/mol. The molecule has 0 saturated carbocycles. The van der Waals surface area contributed by atoms with E-state index in [1.54, 1.807) is 7.11 Å². The zero-order valence-corrected chi connectivity index (χ0v) is 16.6. The molecule has 2 fully saturated rings. The lowest BCUT2D eigenvalue weighted by molar-refractivity contribution is -0.148. The summed E-state index contributed by atoms with van der Waals surface area (Å²) >= 11 is 0. The minimum atomic E-state index is -0.295. The molecule has 1 amide bonds. The summed E-state index contributed by atoms with van der Waals surface area (Å²) in [7, 11) is 1.74. The smallest absolute Gasteiger partial charge is 0.228 e. The summed E-state index contributed by atoms with van der Waals surface area (Å²) in [6.45, 7) is 9.35. The maximum Gasteiger partial charge on any atom is 0.228 e. The molecule has 4 nitrogen and oxygen atoms in total. The summed E-state index contributed by atoms with van der Waals surface area (Å²) < 4.78 is 5.42. The van der Waals surface area contributed by atoms with Crippen LogP contribution in [0.15, 0.2) is 18.2 Å². The first-order valence-electron chi connectivity index (χ1n) is 10.1. The number of hydrogen-bond acceptors (Lipinski definition) is 3. The van der Waals surface area contributed by atoms with E-state index >= 15 is 0 Å². The third kappa shape index (κ3) is 3.02. The minimum absolute atomic E-state index is 0.295. The van der Waals surface area contributed by atoms with Gasteiger partial charge in [-0.05, 0) is 54.9 Å². The molecule has 0 aromatic heterocycles. The minimum Gasteiger partial charge on any atom is -0.497 e. The Hall–Kier alpha value is -1.55. The van der Waals surface area contributed by atoms with Crippen LogP contribution in [0.25, 0.3) is 0 Å². The van der Waals surface area contributed by atoms with E-state index in [1.807, 2.05) is 0 Å². The van der Waals surface area contributed by atoms with E-state index < -0.39 is 0 Å². The Morgan fingerprint density at radius 3 is 2.77 bits per heavy atom. The van der Waals surface area contributed by atoms with Crippen molar-refractivity contribution in [3.8, 4) is 5.75 Å². The highest BCUT2D eigenvalue weighted by atomic mass is 16.5. The largest absolute Gasteiger partial charge is 0.497 e. The molecule has 0 spiro atoms. The van der Waals surface area contributed by atoms with Crippen molar-refractivity contribution in [1.82, 2.24) is 9.80 Å².